The van der Waals surface area contributed by atoms with Gasteiger partial charge in [0.25, 0.3) is 0 Å². The van der Waals surface area contributed by atoms with Crippen molar-refractivity contribution in [2.24, 2.45) is 0 Å². The van der Waals surface area contributed by atoms with Gasteiger partial charge in [0.05, 0.1) is 0 Å². The minimum Gasteiger partial charge on any atom is -0.378 e. The molecule has 1 aromatic rings. The van der Waals surface area contributed by atoms with Crippen molar-refractivity contribution in [3.05, 3.63) is 0 Å². The van der Waals surface area contributed by atoms with Crippen LogP contribution in [0.2, 0.25) is 0 Å². The average Bonchev–Trinajstić information content (AvgIpc) is 2.52. The molecule has 1 fully saturated rings. The lowest BCUT2D eigenvalue weighted by Gasteiger charge is -2.21. The van der Waals surface area contributed by atoms with Crippen LogP contribution in [0, 0.1) is 0 Å². The highest BCUT2D eigenvalue weighted by molar-refractivity contribution is 5.80. The minimum atomic E-state index is 0.116. The predicted molar refractivity (Wildman–Crippen MR) is 49.6 cm³/mol. The lowest BCUT2D eigenvalue weighted by atomic mass is 9.94. The molecule has 0 saturated heterocycles. The fourth-order valence-corrected chi connectivity index (χ4v) is 1.64. The van der Waals surface area contributed by atoms with Crippen LogP contribution in [0.5, 0.6) is 0 Å². The van der Waals surface area contributed by atoms with Crippen LogP contribution in [0.15, 0.2) is 4.63 Å². The standard InChI is InChI=1S/C8H12N4O2/c9-7-8(12-14-11-7)10-5-2-1-3-6(13)4-5/h5H,1-4H2,(H2,9,11)(H,10,12). The first kappa shape index (κ1) is 8.98. The number of nitrogens with one attached hydrogen (secondary N) is 1. The Morgan fingerprint density at radius 2 is 2.36 bits per heavy atom. The number of nitrogen functional groups attached to an aromatic ring is 1. The monoisotopic (exact) mass is 196 g/mol. The summed E-state index contributed by atoms with van der Waals surface area (Å²) in [6.45, 7) is 0. The Morgan fingerprint density at radius 1 is 1.50 bits per heavy atom. The normalized spacial score (nSPS) is 22.3. The summed E-state index contributed by atoms with van der Waals surface area (Å²) in [5.74, 6) is 0.955. The summed E-state index contributed by atoms with van der Waals surface area (Å²) in [6.07, 6.45) is 3.09. The summed E-state index contributed by atoms with van der Waals surface area (Å²) in [5.41, 5.74) is 5.48. The molecule has 0 aromatic carbocycles. The maximum Gasteiger partial charge on any atom is 0.215 e. The van der Waals surface area contributed by atoms with Gasteiger partial charge in [-0.2, -0.15) is 0 Å². The van der Waals surface area contributed by atoms with Crippen molar-refractivity contribution in [1.29, 1.82) is 0 Å². The molecule has 0 spiro atoms. The lowest BCUT2D eigenvalue weighted by Crippen LogP contribution is -2.27. The molecule has 0 radical (unpaired) electrons. The smallest absolute Gasteiger partial charge is 0.215 e. The number of hydrogen-bond donors (Lipinski definition) is 2. The molecule has 0 amide bonds. The number of Topliss-reactive ketones (excluding diaryl/α,β-unsaturated/α-hetero) is 1. The Kier molecular flexibility index (Phi) is 2.34. The van der Waals surface area contributed by atoms with E-state index in [4.69, 9.17) is 5.73 Å². The highest BCUT2D eigenvalue weighted by Crippen LogP contribution is 2.20. The van der Waals surface area contributed by atoms with Gasteiger partial charge >= 0.3 is 0 Å². The van der Waals surface area contributed by atoms with E-state index < -0.39 is 0 Å². The summed E-state index contributed by atoms with van der Waals surface area (Å²) in [7, 11) is 0. The van der Waals surface area contributed by atoms with E-state index in [2.05, 4.69) is 20.3 Å². The van der Waals surface area contributed by atoms with Gasteiger partial charge in [-0.15, -0.1) is 0 Å². The molecule has 6 heteroatoms. The Bertz CT molecular complexity index is 336. The number of hydrogen-bond acceptors (Lipinski definition) is 6. The molecule has 1 aliphatic rings. The second kappa shape index (κ2) is 3.65. The Labute approximate surface area is 80.8 Å². The van der Waals surface area contributed by atoms with Gasteiger partial charge in [-0.1, -0.05) is 0 Å². The first-order chi connectivity index (χ1) is 6.75. The van der Waals surface area contributed by atoms with Crippen LogP contribution in [0.25, 0.3) is 0 Å². The molecule has 1 unspecified atom stereocenters. The SMILES string of the molecule is Nc1nonc1NC1CCCC(=O)C1. The van der Waals surface area contributed by atoms with Crippen LogP contribution < -0.4 is 11.1 Å². The first-order valence-electron chi connectivity index (χ1n) is 4.62. The predicted octanol–water partition coefficient (Wildman–Crippen LogP) is 0.575. The summed E-state index contributed by atoms with van der Waals surface area (Å²) in [6, 6.07) is 0.116. The van der Waals surface area contributed by atoms with Crippen LogP contribution in [0.4, 0.5) is 11.6 Å². The third kappa shape index (κ3) is 1.84. The van der Waals surface area contributed by atoms with Crippen LogP contribution >= 0.6 is 0 Å². The average molecular weight is 196 g/mol. The molecule has 0 bridgehead atoms. The number of anilines is 2. The van der Waals surface area contributed by atoms with Crippen LogP contribution in [-0.2, 0) is 4.79 Å². The highest BCUT2D eigenvalue weighted by Gasteiger charge is 2.21. The Hall–Kier alpha value is -1.59. The summed E-state index contributed by atoms with van der Waals surface area (Å²) in [4.78, 5) is 11.2. The number of carbonyl (C=O) groups excluding carboxylic acids is 1. The molecule has 76 valence electrons. The van der Waals surface area contributed by atoms with E-state index in [1.165, 1.54) is 0 Å². The number of nitrogens with two attached hydrogens (primary N) is 1. The molecule has 14 heavy (non-hydrogen) atoms. The van der Waals surface area contributed by atoms with Gasteiger partial charge in [0, 0.05) is 18.9 Å². The van der Waals surface area contributed by atoms with Gasteiger partial charge in [-0.3, -0.25) is 4.79 Å². The summed E-state index contributed by atoms with van der Waals surface area (Å²) >= 11 is 0. The Morgan fingerprint density at radius 3 is 3.00 bits per heavy atom. The van der Waals surface area contributed by atoms with Gasteiger partial charge in [0.1, 0.15) is 5.78 Å². The van der Waals surface area contributed by atoms with Crippen LogP contribution in [0.1, 0.15) is 25.7 Å². The van der Waals surface area contributed by atoms with Gasteiger partial charge in [-0.05, 0) is 23.2 Å². The van der Waals surface area contributed by atoms with Crippen molar-refractivity contribution in [3.8, 4) is 0 Å². The zero-order valence-electron chi connectivity index (χ0n) is 7.69. The fraction of sp³-hybridized carbons (Fsp3) is 0.625. The molecular weight excluding hydrogens is 184 g/mol. The lowest BCUT2D eigenvalue weighted by molar-refractivity contribution is -0.120. The third-order valence-electron chi connectivity index (χ3n) is 2.34. The van der Waals surface area contributed by atoms with E-state index in [0.29, 0.717) is 18.7 Å². The van der Waals surface area contributed by atoms with E-state index in [-0.39, 0.29) is 17.6 Å². The molecule has 1 aromatic heterocycles. The summed E-state index contributed by atoms with van der Waals surface area (Å²) < 4.78 is 4.44. The van der Waals surface area contributed by atoms with Crippen molar-refractivity contribution in [1.82, 2.24) is 10.3 Å². The van der Waals surface area contributed by atoms with E-state index in [1.807, 2.05) is 0 Å². The number of nitrogens with zero attached hydrogens (tertiary/aromatic N) is 2. The largest absolute Gasteiger partial charge is 0.378 e. The molecule has 3 N–H and O–H groups in total. The van der Waals surface area contributed by atoms with Crippen LogP contribution in [-0.4, -0.2) is 22.1 Å². The van der Waals surface area contributed by atoms with E-state index in [0.717, 1.165) is 12.8 Å². The van der Waals surface area contributed by atoms with Crippen molar-refractivity contribution in [2.45, 2.75) is 31.7 Å². The Balaban J connectivity index is 1.97. The number of carbonyl (C=O) groups is 1. The number of ketones is 1. The molecule has 1 aliphatic carbocycles. The molecule has 1 atom stereocenters. The fourth-order valence-electron chi connectivity index (χ4n) is 1.64. The van der Waals surface area contributed by atoms with E-state index in [1.54, 1.807) is 0 Å². The van der Waals surface area contributed by atoms with E-state index >= 15 is 0 Å². The zero-order chi connectivity index (χ0) is 9.97. The molecule has 1 heterocycles. The third-order valence-corrected chi connectivity index (χ3v) is 2.34. The topological polar surface area (TPSA) is 94.0 Å². The number of rotatable bonds is 2. The maximum absolute atomic E-state index is 11.2. The zero-order valence-corrected chi connectivity index (χ0v) is 7.69. The quantitative estimate of drug-likeness (QED) is 0.718. The van der Waals surface area contributed by atoms with Gasteiger partial charge in [-0.25, -0.2) is 4.63 Å². The number of aromatic nitrogens is 2. The van der Waals surface area contributed by atoms with Crippen molar-refractivity contribution < 1.29 is 9.42 Å². The molecule has 0 aliphatic heterocycles. The first-order valence-corrected chi connectivity index (χ1v) is 4.62. The molecule has 6 nitrogen and oxygen atoms in total. The van der Waals surface area contributed by atoms with Gasteiger partial charge in [0.15, 0.2) is 0 Å². The minimum absolute atomic E-state index is 0.116. The van der Waals surface area contributed by atoms with Gasteiger partial charge in [0.2, 0.25) is 11.6 Å². The second-order valence-electron chi connectivity index (χ2n) is 3.47. The highest BCUT2D eigenvalue weighted by atomic mass is 16.6. The molecule has 2 rings (SSSR count). The van der Waals surface area contributed by atoms with Crippen molar-refractivity contribution in [2.75, 3.05) is 11.1 Å². The summed E-state index contributed by atoms with van der Waals surface area (Å²) in [5, 5.41) is 10.1. The van der Waals surface area contributed by atoms with E-state index in [9.17, 15) is 4.79 Å². The molecular formula is C8H12N4O2. The van der Waals surface area contributed by atoms with Crippen LogP contribution in [0.3, 0.4) is 0 Å². The van der Waals surface area contributed by atoms with Gasteiger partial charge < -0.3 is 11.1 Å². The second-order valence-corrected chi connectivity index (χ2v) is 3.47. The molecule has 1 saturated carbocycles. The van der Waals surface area contributed by atoms with Crippen molar-refractivity contribution in [3.63, 3.8) is 0 Å². The van der Waals surface area contributed by atoms with Crippen molar-refractivity contribution >= 4 is 17.4 Å². The maximum atomic E-state index is 11.2.